The van der Waals surface area contributed by atoms with Gasteiger partial charge in [-0.2, -0.15) is 0 Å². The summed E-state index contributed by atoms with van der Waals surface area (Å²) in [6.07, 6.45) is -0.906. The summed E-state index contributed by atoms with van der Waals surface area (Å²) in [6.45, 7) is 0.0233. The van der Waals surface area contributed by atoms with Crippen molar-refractivity contribution >= 4 is 0 Å². The molecule has 0 saturated heterocycles. The van der Waals surface area contributed by atoms with Gasteiger partial charge in [-0.1, -0.05) is 18.2 Å². The minimum absolute atomic E-state index is 0.0233. The standard InChI is InChI=1S/C9H13FN2O/c10-7-4-2-1-3-6(7)9(12)8(13)5-11/h1-4,8-9,13H,5,11-12H2. The van der Waals surface area contributed by atoms with Gasteiger partial charge in [-0.25, -0.2) is 4.39 Å². The average molecular weight is 184 g/mol. The van der Waals surface area contributed by atoms with Gasteiger partial charge in [-0.05, 0) is 6.07 Å². The predicted molar refractivity (Wildman–Crippen MR) is 48.4 cm³/mol. The summed E-state index contributed by atoms with van der Waals surface area (Å²) < 4.78 is 13.1. The lowest BCUT2D eigenvalue weighted by Crippen LogP contribution is -2.33. The Kier molecular flexibility index (Phi) is 3.36. The van der Waals surface area contributed by atoms with Gasteiger partial charge in [0.2, 0.25) is 0 Å². The molecular formula is C9H13FN2O. The van der Waals surface area contributed by atoms with E-state index in [4.69, 9.17) is 11.5 Å². The molecule has 3 nitrogen and oxygen atoms in total. The Morgan fingerprint density at radius 2 is 2.00 bits per heavy atom. The molecular weight excluding hydrogens is 171 g/mol. The molecule has 0 aliphatic rings. The van der Waals surface area contributed by atoms with Crippen LogP contribution in [0.5, 0.6) is 0 Å². The van der Waals surface area contributed by atoms with Crippen LogP contribution >= 0.6 is 0 Å². The molecule has 0 aliphatic carbocycles. The van der Waals surface area contributed by atoms with Crippen LogP contribution in [-0.4, -0.2) is 17.8 Å². The van der Waals surface area contributed by atoms with Crippen LogP contribution in [0.2, 0.25) is 0 Å². The number of rotatable bonds is 3. The smallest absolute Gasteiger partial charge is 0.128 e. The highest BCUT2D eigenvalue weighted by atomic mass is 19.1. The fourth-order valence-corrected chi connectivity index (χ4v) is 1.10. The van der Waals surface area contributed by atoms with Crippen molar-refractivity contribution in [3.63, 3.8) is 0 Å². The summed E-state index contributed by atoms with van der Waals surface area (Å²) in [5.74, 6) is -0.414. The van der Waals surface area contributed by atoms with Crippen molar-refractivity contribution in [2.75, 3.05) is 6.54 Å². The normalized spacial score (nSPS) is 15.4. The summed E-state index contributed by atoms with van der Waals surface area (Å²) >= 11 is 0. The van der Waals surface area contributed by atoms with Gasteiger partial charge < -0.3 is 16.6 Å². The van der Waals surface area contributed by atoms with Crippen molar-refractivity contribution in [1.82, 2.24) is 0 Å². The van der Waals surface area contributed by atoms with Crippen LogP contribution in [-0.2, 0) is 0 Å². The third-order valence-electron chi connectivity index (χ3n) is 1.92. The molecule has 0 amide bonds. The second kappa shape index (κ2) is 4.32. The van der Waals surface area contributed by atoms with Crippen LogP contribution in [0.15, 0.2) is 24.3 Å². The van der Waals surface area contributed by atoms with Crippen LogP contribution in [0.1, 0.15) is 11.6 Å². The van der Waals surface area contributed by atoms with E-state index in [1.807, 2.05) is 0 Å². The molecule has 13 heavy (non-hydrogen) atoms. The van der Waals surface area contributed by atoms with E-state index in [0.29, 0.717) is 5.56 Å². The van der Waals surface area contributed by atoms with E-state index in [9.17, 15) is 9.50 Å². The number of hydrogen-bond donors (Lipinski definition) is 3. The van der Waals surface area contributed by atoms with Gasteiger partial charge >= 0.3 is 0 Å². The Morgan fingerprint density at radius 3 is 2.54 bits per heavy atom. The van der Waals surface area contributed by atoms with E-state index in [1.165, 1.54) is 6.07 Å². The van der Waals surface area contributed by atoms with Crippen LogP contribution in [0.4, 0.5) is 4.39 Å². The monoisotopic (exact) mass is 184 g/mol. The molecule has 1 aromatic carbocycles. The number of benzene rings is 1. The highest BCUT2D eigenvalue weighted by molar-refractivity contribution is 5.21. The van der Waals surface area contributed by atoms with Crippen LogP contribution in [0, 0.1) is 5.82 Å². The summed E-state index contributed by atoms with van der Waals surface area (Å²) in [7, 11) is 0. The van der Waals surface area contributed by atoms with Gasteiger partial charge in [0.1, 0.15) is 5.82 Å². The van der Waals surface area contributed by atoms with Gasteiger partial charge in [-0.15, -0.1) is 0 Å². The zero-order chi connectivity index (χ0) is 9.84. The van der Waals surface area contributed by atoms with E-state index >= 15 is 0 Å². The Bertz CT molecular complexity index is 280. The third-order valence-corrected chi connectivity index (χ3v) is 1.92. The second-order valence-corrected chi connectivity index (χ2v) is 2.85. The van der Waals surface area contributed by atoms with Crippen LogP contribution in [0.25, 0.3) is 0 Å². The zero-order valence-corrected chi connectivity index (χ0v) is 7.15. The molecule has 5 N–H and O–H groups in total. The van der Waals surface area contributed by atoms with E-state index in [0.717, 1.165) is 0 Å². The first kappa shape index (κ1) is 10.1. The lowest BCUT2D eigenvalue weighted by molar-refractivity contribution is 0.151. The van der Waals surface area contributed by atoms with Gasteiger partial charge in [0.15, 0.2) is 0 Å². The minimum Gasteiger partial charge on any atom is -0.390 e. The maximum absolute atomic E-state index is 13.1. The molecule has 0 aromatic heterocycles. The Balaban J connectivity index is 2.88. The lowest BCUT2D eigenvalue weighted by Gasteiger charge is -2.17. The number of halogens is 1. The SMILES string of the molecule is NCC(O)C(N)c1ccccc1F. The Morgan fingerprint density at radius 1 is 1.38 bits per heavy atom. The summed E-state index contributed by atoms with van der Waals surface area (Å²) in [5.41, 5.74) is 11.1. The fourth-order valence-electron chi connectivity index (χ4n) is 1.10. The highest BCUT2D eigenvalue weighted by Gasteiger charge is 2.17. The van der Waals surface area contributed by atoms with Gasteiger partial charge in [0.05, 0.1) is 12.1 Å². The number of hydrogen-bond acceptors (Lipinski definition) is 3. The van der Waals surface area contributed by atoms with Crippen molar-refractivity contribution in [2.24, 2.45) is 11.5 Å². The molecule has 0 aliphatic heterocycles. The molecule has 1 rings (SSSR count). The largest absolute Gasteiger partial charge is 0.390 e. The average Bonchev–Trinajstić information content (AvgIpc) is 2.16. The molecule has 0 radical (unpaired) electrons. The predicted octanol–water partition coefficient (Wildman–Crippen LogP) is 0.145. The van der Waals surface area contributed by atoms with E-state index < -0.39 is 18.0 Å². The molecule has 0 bridgehead atoms. The Hall–Kier alpha value is -0.970. The van der Waals surface area contributed by atoms with E-state index in [1.54, 1.807) is 18.2 Å². The zero-order valence-electron chi connectivity index (χ0n) is 7.15. The molecule has 0 heterocycles. The van der Waals surface area contributed by atoms with E-state index in [2.05, 4.69) is 0 Å². The van der Waals surface area contributed by atoms with Gasteiger partial charge in [-0.3, -0.25) is 0 Å². The molecule has 0 saturated carbocycles. The first-order chi connectivity index (χ1) is 6.16. The van der Waals surface area contributed by atoms with Crippen molar-refractivity contribution < 1.29 is 9.50 Å². The fraction of sp³-hybridized carbons (Fsp3) is 0.333. The quantitative estimate of drug-likeness (QED) is 0.626. The molecule has 1 aromatic rings. The van der Waals surface area contributed by atoms with Crippen molar-refractivity contribution in [3.05, 3.63) is 35.6 Å². The molecule has 4 heteroatoms. The maximum atomic E-state index is 13.1. The van der Waals surface area contributed by atoms with Crippen molar-refractivity contribution in [3.8, 4) is 0 Å². The first-order valence-electron chi connectivity index (χ1n) is 4.05. The maximum Gasteiger partial charge on any atom is 0.128 e. The molecule has 0 fully saturated rings. The molecule has 2 atom stereocenters. The number of nitrogens with two attached hydrogens (primary N) is 2. The van der Waals surface area contributed by atoms with Crippen molar-refractivity contribution in [2.45, 2.75) is 12.1 Å². The lowest BCUT2D eigenvalue weighted by atomic mass is 10.0. The summed E-state index contributed by atoms with van der Waals surface area (Å²) in [4.78, 5) is 0. The molecule has 72 valence electrons. The van der Waals surface area contributed by atoms with E-state index in [-0.39, 0.29) is 6.54 Å². The number of aliphatic hydroxyl groups excluding tert-OH is 1. The summed E-state index contributed by atoms with van der Waals surface area (Å²) in [5, 5.41) is 9.29. The minimum atomic E-state index is -0.906. The van der Waals surface area contributed by atoms with Crippen LogP contribution < -0.4 is 11.5 Å². The summed E-state index contributed by atoms with van der Waals surface area (Å²) in [6, 6.07) is 5.32. The third kappa shape index (κ3) is 2.24. The number of aliphatic hydroxyl groups is 1. The molecule has 0 spiro atoms. The van der Waals surface area contributed by atoms with Gasteiger partial charge in [0, 0.05) is 12.1 Å². The second-order valence-electron chi connectivity index (χ2n) is 2.85. The first-order valence-corrected chi connectivity index (χ1v) is 4.05. The Labute approximate surface area is 76.2 Å². The molecule has 2 unspecified atom stereocenters. The topological polar surface area (TPSA) is 72.3 Å². The van der Waals surface area contributed by atoms with Crippen molar-refractivity contribution in [1.29, 1.82) is 0 Å². The van der Waals surface area contributed by atoms with Crippen LogP contribution in [0.3, 0.4) is 0 Å². The highest BCUT2D eigenvalue weighted by Crippen LogP contribution is 2.16. The van der Waals surface area contributed by atoms with Gasteiger partial charge in [0.25, 0.3) is 0 Å².